The van der Waals surface area contributed by atoms with Crippen LogP contribution in [0.2, 0.25) is 0 Å². The van der Waals surface area contributed by atoms with Gasteiger partial charge in [-0.25, -0.2) is 4.98 Å². The van der Waals surface area contributed by atoms with E-state index in [0.717, 1.165) is 13.1 Å². The quantitative estimate of drug-likeness (QED) is 0.863. The van der Waals surface area contributed by atoms with Crippen molar-refractivity contribution in [1.29, 1.82) is 0 Å². The van der Waals surface area contributed by atoms with Gasteiger partial charge < -0.3 is 14.8 Å². The van der Waals surface area contributed by atoms with Gasteiger partial charge in [0.15, 0.2) is 0 Å². The molecular weight excluding hydrogens is 212 g/mol. The number of aromatic nitrogens is 2. The summed E-state index contributed by atoms with van der Waals surface area (Å²) in [5.74, 6) is 0. The topological polar surface area (TPSA) is 33.1 Å². The van der Waals surface area contributed by atoms with Crippen molar-refractivity contribution in [1.82, 2.24) is 19.8 Å². The molecule has 1 fully saturated rings. The van der Waals surface area contributed by atoms with E-state index in [9.17, 15) is 0 Å². The van der Waals surface area contributed by atoms with Gasteiger partial charge in [0, 0.05) is 31.4 Å². The molecule has 1 aliphatic rings. The predicted octanol–water partition coefficient (Wildman–Crippen LogP) is 1.65. The first-order chi connectivity index (χ1) is 8.22. The van der Waals surface area contributed by atoms with Crippen LogP contribution in [0.4, 0.5) is 0 Å². The van der Waals surface area contributed by atoms with E-state index in [0.29, 0.717) is 12.1 Å². The van der Waals surface area contributed by atoms with Crippen LogP contribution in [0.15, 0.2) is 12.5 Å². The maximum absolute atomic E-state index is 4.30. The number of imidazole rings is 1. The Hall–Kier alpha value is -0.870. The minimum atomic E-state index is 0.623. The summed E-state index contributed by atoms with van der Waals surface area (Å²) in [6.45, 7) is 7.57. The van der Waals surface area contributed by atoms with Crippen LogP contribution in [-0.2, 0) is 6.54 Å². The first-order valence-electron chi connectivity index (χ1n) is 6.64. The first kappa shape index (κ1) is 12.6. The Bertz CT molecular complexity index is 347. The van der Waals surface area contributed by atoms with Crippen LogP contribution in [0.3, 0.4) is 0 Å². The highest BCUT2D eigenvalue weighted by Gasteiger charge is 2.24. The van der Waals surface area contributed by atoms with Crippen LogP contribution in [0.1, 0.15) is 38.4 Å². The number of piperidine rings is 1. The summed E-state index contributed by atoms with van der Waals surface area (Å²) in [7, 11) is 2.22. The number of nitrogens with zero attached hydrogens (tertiary/aromatic N) is 3. The van der Waals surface area contributed by atoms with Crippen LogP contribution in [0.25, 0.3) is 0 Å². The normalized spacial score (nSPS) is 26.3. The lowest BCUT2D eigenvalue weighted by molar-refractivity contribution is 0.155. The summed E-state index contributed by atoms with van der Waals surface area (Å²) >= 11 is 0. The lowest BCUT2D eigenvalue weighted by Crippen LogP contribution is -2.38. The van der Waals surface area contributed by atoms with E-state index in [-0.39, 0.29) is 0 Å². The fourth-order valence-corrected chi connectivity index (χ4v) is 2.57. The molecule has 1 saturated heterocycles. The molecule has 4 heteroatoms. The molecule has 0 aromatic carbocycles. The summed E-state index contributed by atoms with van der Waals surface area (Å²) in [5.41, 5.74) is 1.31. The van der Waals surface area contributed by atoms with Crippen molar-refractivity contribution in [3.63, 3.8) is 0 Å². The Kier molecular flexibility index (Phi) is 4.18. The van der Waals surface area contributed by atoms with Crippen molar-refractivity contribution in [3.05, 3.63) is 18.2 Å². The third kappa shape index (κ3) is 2.87. The van der Waals surface area contributed by atoms with E-state index in [4.69, 9.17) is 0 Å². The lowest BCUT2D eigenvalue weighted by Gasteiger charge is -2.36. The maximum atomic E-state index is 4.30. The molecule has 0 spiro atoms. The molecule has 0 radical (unpaired) electrons. The molecule has 96 valence electrons. The summed E-state index contributed by atoms with van der Waals surface area (Å²) < 4.78 is 2.37. The molecule has 2 unspecified atom stereocenters. The third-order valence-electron chi connectivity index (χ3n) is 3.88. The van der Waals surface area contributed by atoms with Crippen molar-refractivity contribution in [2.75, 3.05) is 20.1 Å². The zero-order valence-corrected chi connectivity index (χ0v) is 11.2. The highest BCUT2D eigenvalue weighted by molar-refractivity contribution is 5.01. The zero-order valence-electron chi connectivity index (χ0n) is 11.2. The molecule has 2 rings (SSSR count). The molecule has 17 heavy (non-hydrogen) atoms. The zero-order chi connectivity index (χ0) is 12.3. The Morgan fingerprint density at radius 3 is 3.06 bits per heavy atom. The Labute approximate surface area is 104 Å². The minimum Gasteiger partial charge on any atom is -0.330 e. The average molecular weight is 236 g/mol. The van der Waals surface area contributed by atoms with Crippen molar-refractivity contribution >= 4 is 0 Å². The number of nitrogens with one attached hydrogen (secondary N) is 1. The average Bonchev–Trinajstić information content (AvgIpc) is 2.78. The van der Waals surface area contributed by atoms with Gasteiger partial charge in [0.2, 0.25) is 0 Å². The van der Waals surface area contributed by atoms with Crippen molar-refractivity contribution in [2.24, 2.45) is 0 Å². The summed E-state index contributed by atoms with van der Waals surface area (Å²) in [4.78, 5) is 6.75. The van der Waals surface area contributed by atoms with Gasteiger partial charge in [0.25, 0.3) is 0 Å². The van der Waals surface area contributed by atoms with Gasteiger partial charge in [-0.05, 0) is 33.4 Å². The molecule has 4 nitrogen and oxygen atoms in total. The third-order valence-corrected chi connectivity index (χ3v) is 3.88. The second kappa shape index (κ2) is 5.65. The fourth-order valence-electron chi connectivity index (χ4n) is 2.57. The Balaban J connectivity index is 2.04. The van der Waals surface area contributed by atoms with E-state index >= 15 is 0 Å². The van der Waals surface area contributed by atoms with Gasteiger partial charge in [0.05, 0.1) is 12.0 Å². The van der Waals surface area contributed by atoms with Crippen LogP contribution >= 0.6 is 0 Å². The van der Waals surface area contributed by atoms with E-state index in [1.54, 1.807) is 0 Å². The molecule has 1 aliphatic heterocycles. The second-order valence-corrected chi connectivity index (χ2v) is 5.08. The number of hydrogen-bond acceptors (Lipinski definition) is 3. The van der Waals surface area contributed by atoms with E-state index in [1.807, 2.05) is 12.5 Å². The van der Waals surface area contributed by atoms with Gasteiger partial charge in [-0.1, -0.05) is 6.92 Å². The van der Waals surface area contributed by atoms with Crippen molar-refractivity contribution in [2.45, 2.75) is 45.3 Å². The van der Waals surface area contributed by atoms with E-state index < -0.39 is 0 Å². The Morgan fingerprint density at radius 1 is 1.53 bits per heavy atom. The number of hydrogen-bond donors (Lipinski definition) is 1. The van der Waals surface area contributed by atoms with Gasteiger partial charge in [0.1, 0.15) is 0 Å². The van der Waals surface area contributed by atoms with Crippen LogP contribution < -0.4 is 5.32 Å². The number of rotatable bonds is 4. The van der Waals surface area contributed by atoms with Gasteiger partial charge in [-0.15, -0.1) is 0 Å². The summed E-state index contributed by atoms with van der Waals surface area (Å²) in [6.07, 6.45) is 6.45. The van der Waals surface area contributed by atoms with E-state index in [2.05, 4.69) is 40.7 Å². The number of likely N-dealkylation sites (tertiary alicyclic amines) is 1. The molecule has 2 atom stereocenters. The highest BCUT2D eigenvalue weighted by atomic mass is 15.2. The maximum Gasteiger partial charge on any atom is 0.0951 e. The summed E-state index contributed by atoms with van der Waals surface area (Å²) in [6, 6.07) is 1.29. The summed E-state index contributed by atoms with van der Waals surface area (Å²) in [5, 5.41) is 3.38. The molecule has 0 aliphatic carbocycles. The molecule has 0 bridgehead atoms. The fraction of sp³-hybridized carbons (Fsp3) is 0.769. The SMILES string of the molecule is CCNCc1cncn1C1CCN(C)C(C)C1. The Morgan fingerprint density at radius 2 is 2.35 bits per heavy atom. The van der Waals surface area contributed by atoms with Crippen LogP contribution in [0, 0.1) is 0 Å². The van der Waals surface area contributed by atoms with Gasteiger partial charge in [-0.2, -0.15) is 0 Å². The molecule has 1 aromatic rings. The first-order valence-corrected chi connectivity index (χ1v) is 6.64. The molecule has 0 amide bonds. The van der Waals surface area contributed by atoms with E-state index in [1.165, 1.54) is 25.1 Å². The minimum absolute atomic E-state index is 0.623. The largest absolute Gasteiger partial charge is 0.330 e. The van der Waals surface area contributed by atoms with Crippen LogP contribution in [-0.4, -0.2) is 40.6 Å². The van der Waals surface area contributed by atoms with Gasteiger partial charge in [-0.3, -0.25) is 0 Å². The molecule has 2 heterocycles. The molecule has 1 N–H and O–H groups in total. The van der Waals surface area contributed by atoms with Crippen LogP contribution in [0.5, 0.6) is 0 Å². The second-order valence-electron chi connectivity index (χ2n) is 5.08. The monoisotopic (exact) mass is 236 g/mol. The predicted molar refractivity (Wildman–Crippen MR) is 70.0 cm³/mol. The molecular formula is C13H24N4. The van der Waals surface area contributed by atoms with Crippen molar-refractivity contribution < 1.29 is 0 Å². The highest BCUT2D eigenvalue weighted by Crippen LogP contribution is 2.26. The lowest BCUT2D eigenvalue weighted by atomic mass is 9.98. The van der Waals surface area contributed by atoms with Crippen molar-refractivity contribution in [3.8, 4) is 0 Å². The molecule has 0 saturated carbocycles. The van der Waals surface area contributed by atoms with Gasteiger partial charge >= 0.3 is 0 Å². The standard InChI is InChI=1S/C13H24N4/c1-4-14-8-13-9-15-10-17(13)12-5-6-16(3)11(2)7-12/h9-12,14H,4-8H2,1-3H3. The smallest absolute Gasteiger partial charge is 0.0951 e. The molecule has 1 aromatic heterocycles.